The van der Waals surface area contributed by atoms with Crippen molar-refractivity contribution < 1.29 is 0 Å². The van der Waals surface area contributed by atoms with Crippen LogP contribution in [0.2, 0.25) is 0 Å². The van der Waals surface area contributed by atoms with Crippen molar-refractivity contribution in [3.05, 3.63) is 44.3 Å². The Morgan fingerprint density at radius 1 is 1.30 bits per heavy atom. The van der Waals surface area contributed by atoms with Gasteiger partial charge in [0.15, 0.2) is 0 Å². The predicted molar refractivity (Wildman–Crippen MR) is 92.5 cm³/mol. The van der Waals surface area contributed by atoms with Crippen molar-refractivity contribution >= 4 is 39.0 Å². The zero-order valence-corrected chi connectivity index (χ0v) is 15.2. The van der Waals surface area contributed by atoms with Crippen LogP contribution in [0.4, 0.5) is 0 Å². The van der Waals surface area contributed by atoms with Crippen molar-refractivity contribution in [2.45, 2.75) is 44.0 Å². The van der Waals surface area contributed by atoms with E-state index in [1.165, 1.54) is 14.8 Å². The van der Waals surface area contributed by atoms with Crippen LogP contribution in [0.15, 0.2) is 33.6 Å². The van der Waals surface area contributed by atoms with Gasteiger partial charge in [-0.05, 0) is 31.2 Å². The maximum absolute atomic E-state index is 4.67. The summed E-state index contributed by atoms with van der Waals surface area (Å²) in [5.41, 5.74) is 1.16. The molecule has 0 atom stereocenters. The van der Waals surface area contributed by atoms with Gasteiger partial charge < -0.3 is 5.32 Å². The second-order valence-electron chi connectivity index (χ2n) is 4.89. The number of halogens is 1. The molecule has 0 aliphatic rings. The molecule has 0 aliphatic carbocycles. The lowest BCUT2D eigenvalue weighted by atomic mass is 10.3. The number of benzene rings is 1. The highest BCUT2D eigenvalue weighted by Crippen LogP contribution is 2.27. The molecule has 5 heteroatoms. The zero-order valence-electron chi connectivity index (χ0n) is 11.9. The first-order valence-corrected chi connectivity index (χ1v) is 9.21. The molecule has 0 bridgehead atoms. The molecular weight excluding hydrogens is 352 g/mol. The number of nitrogens with one attached hydrogen (secondary N) is 1. The fourth-order valence-corrected chi connectivity index (χ4v) is 3.86. The number of aryl methyl sites for hydroxylation is 1. The highest BCUT2D eigenvalue weighted by atomic mass is 79.9. The third-order valence-electron chi connectivity index (χ3n) is 2.78. The predicted octanol–water partition coefficient (Wildman–Crippen LogP) is 5.00. The second-order valence-corrected chi connectivity index (χ2v) is 8.03. The number of thiazole rings is 1. The normalized spacial score (nSPS) is 11.2. The Kier molecular flexibility index (Phi) is 6.08. The van der Waals surface area contributed by atoms with E-state index in [0.717, 1.165) is 22.5 Å². The summed E-state index contributed by atoms with van der Waals surface area (Å²) in [5.74, 6) is 0.939. The van der Waals surface area contributed by atoms with Crippen LogP contribution in [-0.4, -0.2) is 11.0 Å². The topological polar surface area (TPSA) is 24.9 Å². The molecule has 20 heavy (non-hydrogen) atoms. The third-order valence-corrected chi connectivity index (χ3v) is 5.68. The summed E-state index contributed by atoms with van der Waals surface area (Å²) in [6, 6.07) is 8.94. The molecule has 2 aromatic rings. The van der Waals surface area contributed by atoms with Crippen LogP contribution in [0.1, 0.15) is 29.4 Å². The first-order chi connectivity index (χ1) is 9.54. The Labute approximate surface area is 137 Å². The molecule has 0 radical (unpaired) electrons. The van der Waals surface area contributed by atoms with Gasteiger partial charge in [-0.1, -0.05) is 29.8 Å². The first kappa shape index (κ1) is 16.0. The monoisotopic (exact) mass is 370 g/mol. The number of nitrogens with zero attached hydrogens (tertiary/aromatic N) is 1. The molecule has 0 spiro atoms. The van der Waals surface area contributed by atoms with E-state index in [1.807, 2.05) is 23.1 Å². The van der Waals surface area contributed by atoms with Crippen molar-refractivity contribution in [3.8, 4) is 0 Å². The standard InChI is InChI=1S/C15H19BrN2S2/c1-10(2)17-8-14-11(3)18-15(20-14)9-19-13-6-4-12(16)5-7-13/h4-7,10,17H,8-9H2,1-3H3. The van der Waals surface area contributed by atoms with Gasteiger partial charge in [-0.15, -0.1) is 23.1 Å². The van der Waals surface area contributed by atoms with Crippen molar-refractivity contribution in [3.63, 3.8) is 0 Å². The average Bonchev–Trinajstić information content (AvgIpc) is 2.76. The summed E-state index contributed by atoms with van der Waals surface area (Å²) in [6.45, 7) is 7.35. The molecule has 1 aromatic carbocycles. The van der Waals surface area contributed by atoms with Gasteiger partial charge >= 0.3 is 0 Å². The molecule has 2 rings (SSSR count). The van der Waals surface area contributed by atoms with E-state index in [1.54, 1.807) is 0 Å². The largest absolute Gasteiger partial charge is 0.310 e. The SMILES string of the molecule is Cc1nc(CSc2ccc(Br)cc2)sc1CNC(C)C. The van der Waals surface area contributed by atoms with Crippen LogP contribution in [0, 0.1) is 6.92 Å². The molecule has 0 saturated carbocycles. The molecule has 1 aromatic heterocycles. The molecule has 1 heterocycles. The Balaban J connectivity index is 1.93. The minimum absolute atomic E-state index is 0.511. The Morgan fingerprint density at radius 2 is 2.00 bits per heavy atom. The van der Waals surface area contributed by atoms with Crippen molar-refractivity contribution in [1.82, 2.24) is 10.3 Å². The lowest BCUT2D eigenvalue weighted by molar-refractivity contribution is 0.591. The number of aromatic nitrogens is 1. The van der Waals surface area contributed by atoms with E-state index in [2.05, 4.69) is 71.3 Å². The van der Waals surface area contributed by atoms with Gasteiger partial charge in [0.1, 0.15) is 5.01 Å². The fraction of sp³-hybridized carbons (Fsp3) is 0.400. The van der Waals surface area contributed by atoms with Crippen molar-refractivity contribution in [2.24, 2.45) is 0 Å². The Hall–Kier alpha value is -0.360. The molecule has 0 amide bonds. The van der Waals surface area contributed by atoms with Gasteiger partial charge in [0, 0.05) is 26.8 Å². The number of rotatable bonds is 6. The molecule has 0 saturated heterocycles. The molecule has 108 valence electrons. The lowest BCUT2D eigenvalue weighted by Crippen LogP contribution is -2.21. The van der Waals surface area contributed by atoms with Crippen LogP contribution >= 0.6 is 39.0 Å². The van der Waals surface area contributed by atoms with Gasteiger partial charge in [0.05, 0.1) is 11.4 Å². The molecule has 0 aliphatic heterocycles. The van der Waals surface area contributed by atoms with E-state index in [0.29, 0.717) is 6.04 Å². The maximum Gasteiger partial charge on any atom is 0.103 e. The second kappa shape index (κ2) is 7.59. The van der Waals surface area contributed by atoms with Crippen LogP contribution in [-0.2, 0) is 12.3 Å². The van der Waals surface area contributed by atoms with Crippen molar-refractivity contribution in [2.75, 3.05) is 0 Å². The molecule has 0 fully saturated rings. The smallest absolute Gasteiger partial charge is 0.103 e. The van der Waals surface area contributed by atoms with Crippen molar-refractivity contribution in [1.29, 1.82) is 0 Å². The number of thioether (sulfide) groups is 1. The van der Waals surface area contributed by atoms with Gasteiger partial charge in [-0.3, -0.25) is 0 Å². The molecule has 2 nitrogen and oxygen atoms in total. The van der Waals surface area contributed by atoms with E-state index in [4.69, 9.17) is 0 Å². The summed E-state index contributed by atoms with van der Waals surface area (Å²) in [6.07, 6.45) is 0. The zero-order chi connectivity index (χ0) is 14.5. The summed E-state index contributed by atoms with van der Waals surface area (Å²) in [4.78, 5) is 7.30. The summed E-state index contributed by atoms with van der Waals surface area (Å²) < 4.78 is 1.12. The minimum Gasteiger partial charge on any atom is -0.310 e. The highest BCUT2D eigenvalue weighted by Gasteiger charge is 2.08. The van der Waals surface area contributed by atoms with E-state index in [9.17, 15) is 0 Å². The van der Waals surface area contributed by atoms with Crippen LogP contribution in [0.25, 0.3) is 0 Å². The van der Waals surface area contributed by atoms with Crippen LogP contribution in [0.3, 0.4) is 0 Å². The van der Waals surface area contributed by atoms with Gasteiger partial charge in [0.2, 0.25) is 0 Å². The van der Waals surface area contributed by atoms with Crippen LogP contribution < -0.4 is 5.32 Å². The maximum atomic E-state index is 4.67. The van der Waals surface area contributed by atoms with Gasteiger partial charge in [0.25, 0.3) is 0 Å². The number of hydrogen-bond acceptors (Lipinski definition) is 4. The Bertz CT molecular complexity index is 550. The highest BCUT2D eigenvalue weighted by molar-refractivity contribution is 9.10. The van der Waals surface area contributed by atoms with E-state index < -0.39 is 0 Å². The van der Waals surface area contributed by atoms with Gasteiger partial charge in [-0.25, -0.2) is 4.98 Å². The van der Waals surface area contributed by atoms with Gasteiger partial charge in [-0.2, -0.15) is 0 Å². The first-order valence-electron chi connectivity index (χ1n) is 6.61. The summed E-state index contributed by atoms with van der Waals surface area (Å²) in [7, 11) is 0. The summed E-state index contributed by atoms with van der Waals surface area (Å²) in [5, 5.41) is 4.66. The van der Waals surface area contributed by atoms with E-state index >= 15 is 0 Å². The average molecular weight is 371 g/mol. The Morgan fingerprint density at radius 3 is 2.65 bits per heavy atom. The quantitative estimate of drug-likeness (QED) is 0.723. The number of hydrogen-bond donors (Lipinski definition) is 1. The van der Waals surface area contributed by atoms with Crippen LogP contribution in [0.5, 0.6) is 0 Å². The summed E-state index contributed by atoms with van der Waals surface area (Å²) >= 11 is 7.11. The fourth-order valence-electron chi connectivity index (χ4n) is 1.69. The minimum atomic E-state index is 0.511. The molecular formula is C15H19BrN2S2. The molecule has 0 unspecified atom stereocenters. The van der Waals surface area contributed by atoms with E-state index in [-0.39, 0.29) is 0 Å². The molecule has 1 N–H and O–H groups in total. The third kappa shape index (κ3) is 4.88. The lowest BCUT2D eigenvalue weighted by Gasteiger charge is -2.05.